The molecule has 0 rings (SSSR count). The van der Waals surface area contributed by atoms with Crippen molar-refractivity contribution in [2.24, 2.45) is 0 Å². The smallest absolute Gasteiger partial charge is 0.394 e. The third kappa shape index (κ3) is 3.76. The fourth-order valence-electron chi connectivity index (χ4n) is 1.17. The van der Waals surface area contributed by atoms with E-state index in [2.05, 4.69) is 0 Å². The third-order valence-electron chi connectivity index (χ3n) is 2.11. The van der Waals surface area contributed by atoms with Gasteiger partial charge in [0.1, 0.15) is 0 Å². The molecule has 0 saturated carbocycles. The molecule has 0 atom stereocenters. The molecule has 0 fully saturated rings. The summed E-state index contributed by atoms with van der Waals surface area (Å²) in [5.41, 5.74) is 0. The molecule has 0 aliphatic rings. The summed E-state index contributed by atoms with van der Waals surface area (Å²) in [5.74, 6) is 0. The van der Waals surface area contributed by atoms with Gasteiger partial charge in [-0.3, -0.25) is 0 Å². The maximum absolute atomic E-state index is 6.06. The zero-order valence-corrected chi connectivity index (χ0v) is 17.7. The normalized spacial score (nSPS) is 15.8. The van der Waals surface area contributed by atoms with Crippen LogP contribution in [-0.2, 0) is 8.85 Å². The molecule has 0 heterocycles. The molecule has 0 aliphatic carbocycles. The first-order chi connectivity index (χ1) is 8.12. The van der Waals surface area contributed by atoms with Crippen molar-refractivity contribution >= 4 is 125 Å². The molecule has 0 spiro atoms. The molecule has 0 N–H and O–H groups in total. The summed E-state index contributed by atoms with van der Waals surface area (Å²) in [6.07, 6.45) is 0. The highest BCUT2D eigenvalue weighted by Gasteiger charge is 2.79. The molecule has 0 saturated heterocycles. The Morgan fingerprint density at radius 3 is 0.895 bits per heavy atom. The van der Waals surface area contributed by atoms with Gasteiger partial charge in [-0.25, -0.2) is 0 Å². The Morgan fingerprint density at radius 2 is 0.789 bits per heavy atom. The van der Waals surface area contributed by atoms with Crippen LogP contribution in [0.15, 0.2) is 0 Å². The van der Waals surface area contributed by atoms with Crippen LogP contribution in [0.5, 0.6) is 0 Å². The fraction of sp³-hybridized carbons (Fsp3) is 1.00. The van der Waals surface area contributed by atoms with Gasteiger partial charge in [-0.05, 0) is 0 Å². The minimum Gasteiger partial charge on any atom is -0.394 e. The molecular formula is C6H6Cl10O2Si. The van der Waals surface area contributed by atoms with Gasteiger partial charge >= 0.3 is 8.56 Å². The molecule has 0 aromatic heterocycles. The topological polar surface area (TPSA) is 18.5 Å². The summed E-state index contributed by atoms with van der Waals surface area (Å²) < 4.78 is 1.17. The van der Waals surface area contributed by atoms with Crippen molar-refractivity contribution in [3.05, 3.63) is 0 Å². The van der Waals surface area contributed by atoms with Crippen LogP contribution < -0.4 is 0 Å². The van der Waals surface area contributed by atoms with Crippen molar-refractivity contribution in [1.29, 1.82) is 0 Å². The van der Waals surface area contributed by atoms with Gasteiger partial charge in [0.2, 0.25) is 15.5 Å². The van der Waals surface area contributed by atoms with E-state index in [0.29, 0.717) is 0 Å². The molecular weight excluding hydrogens is 487 g/mol. The molecule has 0 aliphatic heterocycles. The second-order valence-electron chi connectivity index (χ2n) is 3.17. The first kappa shape index (κ1) is 22.0. The van der Waals surface area contributed by atoms with Crippen LogP contribution in [0.4, 0.5) is 0 Å². The molecule has 0 bridgehead atoms. The molecule has 0 amide bonds. The van der Waals surface area contributed by atoms with Crippen LogP contribution in [-0.4, -0.2) is 38.3 Å². The second kappa shape index (κ2) is 6.88. The lowest BCUT2D eigenvalue weighted by Crippen LogP contribution is -2.74. The van der Waals surface area contributed by atoms with Gasteiger partial charge in [0, 0.05) is 14.2 Å². The Hall–Kier alpha value is 3.04. The van der Waals surface area contributed by atoms with Crippen molar-refractivity contribution in [3.63, 3.8) is 0 Å². The van der Waals surface area contributed by atoms with Crippen molar-refractivity contribution in [2.45, 2.75) is 15.5 Å². The minimum absolute atomic E-state index is 1.14. The number of halogens is 10. The van der Waals surface area contributed by atoms with Gasteiger partial charge in [-0.15, -0.1) is 0 Å². The quantitative estimate of drug-likeness (QED) is 0.360. The predicted octanol–water partition coefficient (Wildman–Crippen LogP) is 5.89. The van der Waals surface area contributed by atoms with E-state index in [9.17, 15) is 0 Å². The Morgan fingerprint density at radius 1 is 0.579 bits per heavy atom. The summed E-state index contributed by atoms with van der Waals surface area (Å²) in [4.78, 5) is 0. The van der Waals surface area contributed by atoms with Crippen LogP contribution in [0.25, 0.3) is 0 Å². The monoisotopic (exact) mass is 488 g/mol. The zero-order valence-electron chi connectivity index (χ0n) is 9.10. The molecule has 0 unspecified atom stereocenters. The lowest BCUT2D eigenvalue weighted by atomic mass is 10.8. The Labute approximate surface area is 161 Å². The summed E-state index contributed by atoms with van der Waals surface area (Å²) >= 11 is 58.6. The molecule has 116 valence electrons. The maximum atomic E-state index is 6.06. The van der Waals surface area contributed by atoms with Gasteiger partial charge in [-0.1, -0.05) is 116 Å². The van der Waals surface area contributed by atoms with Crippen LogP contribution in [0, 0.1) is 0 Å². The molecule has 2 nitrogen and oxygen atoms in total. The molecule has 19 heavy (non-hydrogen) atoms. The van der Waals surface area contributed by atoms with Gasteiger partial charge in [0.05, 0.1) is 0 Å². The van der Waals surface area contributed by atoms with Crippen molar-refractivity contribution < 1.29 is 8.85 Å². The SMILES string of the molecule is CO[Si](OC)(C(Cl)(Cl)C(Cl)(Cl)Cl)C(Cl)(Cl)C(Cl)(Cl)Cl. The summed E-state index contributed by atoms with van der Waals surface area (Å²) in [6.45, 7) is 0. The lowest BCUT2D eigenvalue weighted by Gasteiger charge is -2.48. The van der Waals surface area contributed by atoms with E-state index in [1.165, 1.54) is 0 Å². The number of hydrogen-bond donors (Lipinski definition) is 0. The van der Waals surface area contributed by atoms with Crippen molar-refractivity contribution in [1.82, 2.24) is 0 Å². The highest BCUT2D eigenvalue weighted by Crippen LogP contribution is 2.61. The highest BCUT2D eigenvalue weighted by molar-refractivity contribution is 7.06. The lowest BCUT2D eigenvalue weighted by molar-refractivity contribution is 0.226. The van der Waals surface area contributed by atoms with Crippen molar-refractivity contribution in [3.8, 4) is 0 Å². The Balaban J connectivity index is 6.19. The van der Waals surface area contributed by atoms with E-state index < -0.39 is 24.1 Å². The minimum atomic E-state index is -4.20. The first-order valence-electron chi connectivity index (χ1n) is 4.11. The van der Waals surface area contributed by atoms with Gasteiger partial charge in [-0.2, -0.15) is 0 Å². The third-order valence-corrected chi connectivity index (χ3v) is 13.6. The van der Waals surface area contributed by atoms with Crippen LogP contribution in [0.2, 0.25) is 0 Å². The van der Waals surface area contributed by atoms with Gasteiger partial charge in [0.15, 0.2) is 0 Å². The van der Waals surface area contributed by atoms with E-state index in [0.717, 1.165) is 14.2 Å². The Bertz CT molecular complexity index is 289. The number of alkyl halides is 10. The van der Waals surface area contributed by atoms with Gasteiger partial charge in [0.25, 0.3) is 0 Å². The highest BCUT2D eigenvalue weighted by atomic mass is 35.6. The standard InChI is InChI=1S/C6H6Cl10O2Si/c1-17-19(18-2,5(13,14)3(7,8)9)6(15,16)4(10,11)12/h1-2H3. The van der Waals surface area contributed by atoms with E-state index in [-0.39, 0.29) is 0 Å². The molecule has 13 heteroatoms. The number of hydrogen-bond acceptors (Lipinski definition) is 2. The van der Waals surface area contributed by atoms with Crippen LogP contribution in [0.1, 0.15) is 0 Å². The average molecular weight is 493 g/mol. The van der Waals surface area contributed by atoms with E-state index in [1.54, 1.807) is 0 Å². The summed E-state index contributed by atoms with van der Waals surface area (Å²) in [6, 6.07) is 0. The van der Waals surface area contributed by atoms with E-state index in [1.807, 2.05) is 0 Å². The average Bonchev–Trinajstić information content (AvgIpc) is 2.15. The maximum Gasteiger partial charge on any atom is 0.421 e. The fourth-order valence-corrected chi connectivity index (χ4v) is 9.87. The molecule has 0 radical (unpaired) electrons. The van der Waals surface area contributed by atoms with E-state index >= 15 is 0 Å². The molecule has 0 aromatic rings. The number of rotatable bonds is 4. The Kier molecular flexibility index (Phi) is 7.98. The van der Waals surface area contributed by atoms with E-state index in [4.69, 9.17) is 125 Å². The molecule has 0 aromatic carbocycles. The van der Waals surface area contributed by atoms with Crippen LogP contribution in [0.3, 0.4) is 0 Å². The van der Waals surface area contributed by atoms with Gasteiger partial charge < -0.3 is 8.85 Å². The first-order valence-corrected chi connectivity index (χ1v) is 9.71. The van der Waals surface area contributed by atoms with Crippen LogP contribution >= 0.6 is 116 Å². The summed E-state index contributed by atoms with van der Waals surface area (Å²) in [7, 11) is -1.92. The largest absolute Gasteiger partial charge is 0.421 e. The predicted molar refractivity (Wildman–Crippen MR) is 89.2 cm³/mol. The van der Waals surface area contributed by atoms with Crippen molar-refractivity contribution in [2.75, 3.05) is 14.2 Å². The second-order valence-corrected chi connectivity index (χ2v) is 15.2. The summed E-state index contributed by atoms with van der Waals surface area (Å²) in [5, 5.41) is 0. The zero-order chi connectivity index (χ0) is 15.9.